The number of hydrogen-bond donors (Lipinski definition) is 0. The number of fused-ring (bicyclic) bond motifs is 1. The molecule has 0 radical (unpaired) electrons. The van der Waals surface area contributed by atoms with Crippen LogP contribution in [0.3, 0.4) is 0 Å². The van der Waals surface area contributed by atoms with Crippen LogP contribution in [-0.2, 0) is 4.74 Å². The summed E-state index contributed by atoms with van der Waals surface area (Å²) < 4.78 is 6.08. The lowest BCUT2D eigenvalue weighted by molar-refractivity contribution is 0.0594. The van der Waals surface area contributed by atoms with E-state index in [4.69, 9.17) is 11.6 Å². The highest BCUT2D eigenvalue weighted by Crippen LogP contribution is 2.12. The topological polar surface area (TPSA) is 56.5 Å². The van der Waals surface area contributed by atoms with Crippen molar-refractivity contribution in [1.82, 2.24) is 14.4 Å². The fourth-order valence-electron chi connectivity index (χ4n) is 1.08. The van der Waals surface area contributed by atoms with Gasteiger partial charge in [-0.2, -0.15) is 0 Å². The van der Waals surface area contributed by atoms with Gasteiger partial charge in [0.1, 0.15) is 5.15 Å². The fraction of sp³-hybridized carbons (Fsp3) is 0.125. The van der Waals surface area contributed by atoms with Crippen LogP contribution in [0, 0.1) is 0 Å². The summed E-state index contributed by atoms with van der Waals surface area (Å²) in [6.45, 7) is 0. The van der Waals surface area contributed by atoms with Crippen LogP contribution in [0.2, 0.25) is 5.15 Å². The minimum Gasteiger partial charge on any atom is -0.464 e. The molecule has 6 heteroatoms. The normalized spacial score (nSPS) is 10.4. The number of carbonyl (C=O) groups is 1. The third-order valence-corrected chi connectivity index (χ3v) is 2.01. The molecule has 0 amide bonds. The molecule has 0 bridgehead atoms. The maximum absolute atomic E-state index is 11.2. The van der Waals surface area contributed by atoms with E-state index in [1.807, 2.05) is 0 Å². The van der Waals surface area contributed by atoms with Gasteiger partial charge in [-0.25, -0.2) is 14.8 Å². The second kappa shape index (κ2) is 3.26. The number of hydrogen-bond acceptors (Lipinski definition) is 4. The molecule has 0 saturated carbocycles. The van der Waals surface area contributed by atoms with Gasteiger partial charge in [0.2, 0.25) is 5.78 Å². The van der Waals surface area contributed by atoms with Crippen LogP contribution < -0.4 is 0 Å². The van der Waals surface area contributed by atoms with Gasteiger partial charge in [-0.15, -0.1) is 0 Å². The molecule has 0 aliphatic rings. The monoisotopic (exact) mass is 211 g/mol. The van der Waals surface area contributed by atoms with E-state index in [1.54, 1.807) is 16.8 Å². The fourth-order valence-corrected chi connectivity index (χ4v) is 1.31. The van der Waals surface area contributed by atoms with Crippen LogP contribution in [0.25, 0.3) is 5.78 Å². The summed E-state index contributed by atoms with van der Waals surface area (Å²) in [5.74, 6) is -0.157. The SMILES string of the molecule is COC(=O)c1cc(Cl)n2ccnc2n1. The number of halogens is 1. The highest BCUT2D eigenvalue weighted by molar-refractivity contribution is 6.30. The average molecular weight is 212 g/mol. The van der Waals surface area contributed by atoms with E-state index < -0.39 is 5.97 Å². The van der Waals surface area contributed by atoms with Gasteiger partial charge in [0, 0.05) is 18.5 Å². The molecule has 0 atom stereocenters. The van der Waals surface area contributed by atoms with Gasteiger partial charge in [-0.3, -0.25) is 4.40 Å². The van der Waals surface area contributed by atoms with Crippen LogP contribution in [0.1, 0.15) is 10.5 Å². The van der Waals surface area contributed by atoms with E-state index in [0.717, 1.165) is 0 Å². The van der Waals surface area contributed by atoms with Crippen LogP contribution in [-0.4, -0.2) is 27.4 Å². The summed E-state index contributed by atoms with van der Waals surface area (Å²) in [4.78, 5) is 19.0. The molecule has 2 aromatic rings. The van der Waals surface area contributed by atoms with Crippen molar-refractivity contribution in [3.8, 4) is 0 Å². The second-order valence-electron chi connectivity index (χ2n) is 2.55. The Hall–Kier alpha value is -1.62. The summed E-state index contributed by atoms with van der Waals surface area (Å²) in [7, 11) is 1.29. The lowest BCUT2D eigenvalue weighted by Gasteiger charge is -2.00. The van der Waals surface area contributed by atoms with E-state index in [0.29, 0.717) is 10.9 Å². The minimum absolute atomic E-state index is 0.149. The molecule has 0 unspecified atom stereocenters. The third-order valence-electron chi connectivity index (χ3n) is 1.72. The Morgan fingerprint density at radius 3 is 3.14 bits per heavy atom. The molecule has 0 N–H and O–H groups in total. The van der Waals surface area contributed by atoms with Crippen LogP contribution in [0.5, 0.6) is 0 Å². The summed E-state index contributed by atoms with van der Waals surface area (Å²) in [5, 5.41) is 0.368. The molecular weight excluding hydrogens is 206 g/mol. The first-order valence-electron chi connectivity index (χ1n) is 3.80. The van der Waals surface area contributed by atoms with Crippen molar-refractivity contribution in [2.45, 2.75) is 0 Å². The van der Waals surface area contributed by atoms with Crippen molar-refractivity contribution in [2.75, 3.05) is 7.11 Å². The molecule has 2 heterocycles. The van der Waals surface area contributed by atoms with E-state index in [9.17, 15) is 4.79 Å². The molecule has 14 heavy (non-hydrogen) atoms. The molecule has 0 fully saturated rings. The third kappa shape index (κ3) is 1.31. The predicted molar refractivity (Wildman–Crippen MR) is 49.3 cm³/mol. The highest BCUT2D eigenvalue weighted by Gasteiger charge is 2.11. The maximum Gasteiger partial charge on any atom is 0.356 e. The molecule has 0 aromatic carbocycles. The van der Waals surface area contributed by atoms with Crippen LogP contribution >= 0.6 is 11.6 Å². The van der Waals surface area contributed by atoms with E-state index in [1.165, 1.54) is 13.2 Å². The summed E-state index contributed by atoms with van der Waals surface area (Å²) in [6, 6.07) is 1.43. The van der Waals surface area contributed by atoms with Crippen molar-refractivity contribution in [3.05, 3.63) is 29.3 Å². The Balaban J connectivity index is 2.64. The molecule has 0 saturated heterocycles. The van der Waals surface area contributed by atoms with Crippen molar-refractivity contribution in [1.29, 1.82) is 0 Å². The first-order chi connectivity index (χ1) is 6.72. The molecular formula is C8H6ClN3O2. The average Bonchev–Trinajstić information content (AvgIpc) is 2.64. The van der Waals surface area contributed by atoms with Crippen molar-refractivity contribution >= 4 is 23.3 Å². The number of aromatic nitrogens is 3. The number of esters is 1. The Bertz CT molecular complexity index is 494. The summed E-state index contributed by atoms with van der Waals surface area (Å²) in [5.41, 5.74) is 0.149. The van der Waals surface area contributed by atoms with Crippen molar-refractivity contribution in [3.63, 3.8) is 0 Å². The van der Waals surface area contributed by atoms with Crippen LogP contribution in [0.15, 0.2) is 18.5 Å². The maximum atomic E-state index is 11.2. The number of rotatable bonds is 1. The summed E-state index contributed by atoms with van der Waals surface area (Å²) >= 11 is 5.88. The minimum atomic E-state index is -0.530. The van der Waals surface area contributed by atoms with Gasteiger partial charge in [-0.05, 0) is 0 Å². The molecule has 0 aliphatic heterocycles. The quantitative estimate of drug-likeness (QED) is 0.525. The zero-order chi connectivity index (χ0) is 10.1. The Morgan fingerprint density at radius 1 is 1.64 bits per heavy atom. The number of methoxy groups -OCH3 is 1. The number of imidazole rings is 1. The number of nitrogens with zero attached hydrogens (tertiary/aromatic N) is 3. The Kier molecular flexibility index (Phi) is 2.09. The lowest BCUT2D eigenvalue weighted by atomic mass is 10.4. The molecule has 2 aromatic heterocycles. The van der Waals surface area contributed by atoms with Crippen LogP contribution in [0.4, 0.5) is 0 Å². The number of ether oxygens (including phenoxy) is 1. The predicted octanol–water partition coefficient (Wildman–Crippen LogP) is 1.17. The smallest absolute Gasteiger partial charge is 0.356 e. The molecule has 2 rings (SSSR count). The second-order valence-corrected chi connectivity index (χ2v) is 2.94. The first-order valence-corrected chi connectivity index (χ1v) is 4.18. The van der Waals surface area contributed by atoms with Gasteiger partial charge < -0.3 is 4.74 Å². The first kappa shape index (κ1) is 8.96. The molecule has 0 aliphatic carbocycles. The highest BCUT2D eigenvalue weighted by atomic mass is 35.5. The zero-order valence-electron chi connectivity index (χ0n) is 7.27. The standard InChI is InChI=1S/C8H6ClN3O2/c1-14-7(13)5-4-6(9)12-3-2-10-8(12)11-5/h2-4H,1H3. The van der Waals surface area contributed by atoms with E-state index >= 15 is 0 Å². The molecule has 5 nitrogen and oxygen atoms in total. The van der Waals surface area contributed by atoms with Gasteiger partial charge in [0.05, 0.1) is 7.11 Å². The van der Waals surface area contributed by atoms with Crippen molar-refractivity contribution in [2.24, 2.45) is 0 Å². The zero-order valence-corrected chi connectivity index (χ0v) is 8.02. The largest absolute Gasteiger partial charge is 0.464 e. The Morgan fingerprint density at radius 2 is 2.43 bits per heavy atom. The molecule has 0 spiro atoms. The van der Waals surface area contributed by atoms with Gasteiger partial charge in [0.15, 0.2) is 5.69 Å². The number of carbonyl (C=O) groups excluding carboxylic acids is 1. The van der Waals surface area contributed by atoms with Gasteiger partial charge in [0.25, 0.3) is 0 Å². The van der Waals surface area contributed by atoms with Crippen molar-refractivity contribution < 1.29 is 9.53 Å². The Labute approximate surface area is 84.3 Å². The van der Waals surface area contributed by atoms with E-state index in [2.05, 4.69) is 14.7 Å². The van der Waals surface area contributed by atoms with E-state index in [-0.39, 0.29) is 5.69 Å². The van der Waals surface area contributed by atoms with Gasteiger partial charge >= 0.3 is 5.97 Å². The summed E-state index contributed by atoms with van der Waals surface area (Å²) in [6.07, 6.45) is 3.21. The molecule has 72 valence electrons. The lowest BCUT2D eigenvalue weighted by Crippen LogP contribution is -2.06. The van der Waals surface area contributed by atoms with Gasteiger partial charge in [-0.1, -0.05) is 11.6 Å².